The lowest BCUT2D eigenvalue weighted by molar-refractivity contribution is 1.64. The zero-order chi connectivity index (χ0) is 24.0. The third-order valence-corrected chi connectivity index (χ3v) is 9.80. The van der Waals surface area contributed by atoms with E-state index < -0.39 is 0 Å². The van der Waals surface area contributed by atoms with Crippen molar-refractivity contribution in [3.05, 3.63) is 118 Å². The van der Waals surface area contributed by atoms with Gasteiger partial charge < -0.3 is 0 Å². The van der Waals surface area contributed by atoms with Crippen LogP contribution in [0.15, 0.2) is 118 Å². The molecule has 8 aromatic carbocycles. The van der Waals surface area contributed by atoms with Gasteiger partial charge in [-0.15, -0.1) is 0 Å². The highest BCUT2D eigenvalue weighted by Crippen LogP contribution is 2.51. The molecule has 0 bridgehead atoms. The first kappa shape index (κ1) is 20.7. The van der Waals surface area contributed by atoms with Crippen molar-refractivity contribution in [2.24, 2.45) is 0 Å². The largest absolute Gasteiger partial charge is 0.0616 e. The summed E-state index contributed by atoms with van der Waals surface area (Å²) in [4.78, 5) is 0. The van der Waals surface area contributed by atoms with Crippen LogP contribution in [0.2, 0.25) is 0 Å². The van der Waals surface area contributed by atoms with E-state index in [0.717, 1.165) is 8.95 Å². The zero-order valence-electron chi connectivity index (χ0n) is 19.1. The van der Waals surface area contributed by atoms with Gasteiger partial charge in [0.1, 0.15) is 0 Å². The summed E-state index contributed by atoms with van der Waals surface area (Å²) in [6, 6.07) is 40.0. The molecule has 0 fully saturated rings. The molecular weight excluding hydrogens is 568 g/mol. The molecule has 0 aromatic heterocycles. The molecule has 36 heavy (non-hydrogen) atoms. The quantitative estimate of drug-likeness (QED) is 0.133. The summed E-state index contributed by atoms with van der Waals surface area (Å²) in [5, 5.41) is 15.5. The van der Waals surface area contributed by atoms with Crippen LogP contribution in [-0.2, 0) is 0 Å². The van der Waals surface area contributed by atoms with Crippen molar-refractivity contribution in [1.29, 1.82) is 0 Å². The van der Waals surface area contributed by atoms with Crippen LogP contribution in [0, 0.1) is 0 Å². The van der Waals surface area contributed by atoms with E-state index in [1.165, 1.54) is 75.8 Å². The molecule has 0 aliphatic carbocycles. The Labute approximate surface area is 224 Å². The van der Waals surface area contributed by atoms with Gasteiger partial charge in [0.25, 0.3) is 0 Å². The number of hydrogen-bond donors (Lipinski definition) is 0. The summed E-state index contributed by atoms with van der Waals surface area (Å²) in [6.45, 7) is 0. The Morgan fingerprint density at radius 3 is 1.83 bits per heavy atom. The van der Waals surface area contributed by atoms with Gasteiger partial charge >= 0.3 is 0 Å². The van der Waals surface area contributed by atoms with Gasteiger partial charge in [0, 0.05) is 19.9 Å². The maximum Gasteiger partial charge on any atom is 0.0409 e. The van der Waals surface area contributed by atoms with E-state index in [0.29, 0.717) is 0 Å². The fourth-order valence-electron chi connectivity index (χ4n) is 6.18. The molecule has 0 nitrogen and oxygen atoms in total. The lowest BCUT2D eigenvalue weighted by atomic mass is 9.85. The molecule has 0 aliphatic rings. The molecule has 8 rings (SSSR count). The second-order valence-corrected chi connectivity index (χ2v) is 11.1. The van der Waals surface area contributed by atoms with Gasteiger partial charge in [-0.3, -0.25) is 0 Å². The number of benzene rings is 8. The van der Waals surface area contributed by atoms with Crippen molar-refractivity contribution >= 4 is 96.5 Å². The van der Waals surface area contributed by atoms with E-state index in [1.807, 2.05) is 0 Å². The molecule has 0 radical (unpaired) electrons. The lowest BCUT2D eigenvalue weighted by Gasteiger charge is -2.21. The van der Waals surface area contributed by atoms with Crippen molar-refractivity contribution in [2.75, 3.05) is 0 Å². The van der Waals surface area contributed by atoms with Gasteiger partial charge in [-0.2, -0.15) is 0 Å². The average Bonchev–Trinajstić information content (AvgIpc) is 2.92. The Bertz CT molecular complexity index is 2170. The lowest BCUT2D eigenvalue weighted by Crippen LogP contribution is -1.93. The van der Waals surface area contributed by atoms with Crippen molar-refractivity contribution in [3.8, 4) is 11.1 Å². The van der Waals surface area contributed by atoms with Gasteiger partial charge in [0.05, 0.1) is 0 Å². The first-order valence-electron chi connectivity index (χ1n) is 12.1. The van der Waals surface area contributed by atoms with Crippen LogP contribution in [0.3, 0.4) is 0 Å². The molecule has 0 saturated carbocycles. The van der Waals surface area contributed by atoms with Gasteiger partial charge in [-0.25, -0.2) is 0 Å². The van der Waals surface area contributed by atoms with E-state index in [2.05, 4.69) is 141 Å². The molecule has 0 amide bonds. The Kier molecular flexibility index (Phi) is 4.33. The fraction of sp³-hybridized carbons (Fsp3) is 0. The minimum atomic E-state index is 1.10. The number of fused-ring (bicyclic) bond motifs is 5. The van der Waals surface area contributed by atoms with E-state index >= 15 is 0 Å². The van der Waals surface area contributed by atoms with Crippen molar-refractivity contribution in [1.82, 2.24) is 0 Å². The smallest absolute Gasteiger partial charge is 0.0409 e. The van der Waals surface area contributed by atoms with E-state index in [9.17, 15) is 0 Å². The summed E-state index contributed by atoms with van der Waals surface area (Å²) in [7, 11) is 0. The number of rotatable bonds is 1. The molecule has 8 aromatic rings. The molecule has 168 valence electrons. The van der Waals surface area contributed by atoms with Crippen molar-refractivity contribution in [3.63, 3.8) is 0 Å². The number of halogens is 2. The molecule has 0 spiro atoms. The van der Waals surface area contributed by atoms with E-state index in [1.54, 1.807) is 0 Å². The second kappa shape index (κ2) is 7.52. The SMILES string of the molecule is Brc1c(-c2ccc3ccccc3c2)c2cccc3c2c(c1Br)c1cccc2cc4ccccc4c3c21. The fourth-order valence-corrected chi connectivity index (χ4v) is 7.43. The standard InChI is InChI=1S/C34H18Br2/c35-33-29(23-16-15-19-7-1-2-8-20(19)17-23)26-13-6-14-27-30-24-11-4-3-9-21(24)18-22-10-5-12-25(28(22)30)32(31(26)27)34(33)36/h1-18H. The van der Waals surface area contributed by atoms with Crippen LogP contribution < -0.4 is 0 Å². The average molecular weight is 586 g/mol. The van der Waals surface area contributed by atoms with Crippen LogP contribution in [0.1, 0.15) is 0 Å². The highest BCUT2D eigenvalue weighted by atomic mass is 79.9. The van der Waals surface area contributed by atoms with Crippen LogP contribution in [0.5, 0.6) is 0 Å². The summed E-state index contributed by atoms with van der Waals surface area (Å²) in [6.07, 6.45) is 0. The normalized spacial score (nSPS) is 12.2. The first-order valence-corrected chi connectivity index (χ1v) is 13.7. The molecule has 0 aliphatic heterocycles. The summed E-state index contributed by atoms with van der Waals surface area (Å²) in [5.41, 5.74) is 2.44. The molecule has 0 atom stereocenters. The molecule has 0 saturated heterocycles. The van der Waals surface area contributed by atoms with Crippen molar-refractivity contribution < 1.29 is 0 Å². The van der Waals surface area contributed by atoms with Crippen LogP contribution in [0.4, 0.5) is 0 Å². The predicted molar refractivity (Wildman–Crippen MR) is 163 cm³/mol. The molecular formula is C34H18Br2. The van der Waals surface area contributed by atoms with Crippen LogP contribution >= 0.6 is 31.9 Å². The Morgan fingerprint density at radius 2 is 0.972 bits per heavy atom. The van der Waals surface area contributed by atoms with E-state index in [-0.39, 0.29) is 0 Å². The van der Waals surface area contributed by atoms with Gasteiger partial charge in [-0.1, -0.05) is 97.1 Å². The molecule has 2 heteroatoms. The molecule has 0 N–H and O–H groups in total. The summed E-state index contributed by atoms with van der Waals surface area (Å²) < 4.78 is 2.20. The maximum absolute atomic E-state index is 4.05. The maximum atomic E-state index is 4.05. The number of hydrogen-bond acceptors (Lipinski definition) is 0. The summed E-state index contributed by atoms with van der Waals surface area (Å²) in [5.74, 6) is 0. The third kappa shape index (κ3) is 2.69. The molecule has 0 unspecified atom stereocenters. The first-order chi connectivity index (χ1) is 17.7. The monoisotopic (exact) mass is 584 g/mol. The zero-order valence-corrected chi connectivity index (χ0v) is 22.3. The molecule has 0 heterocycles. The van der Waals surface area contributed by atoms with Gasteiger partial charge in [-0.05, 0) is 109 Å². The summed E-state index contributed by atoms with van der Waals surface area (Å²) >= 11 is 8.07. The Hall–Kier alpha value is -3.46. The topological polar surface area (TPSA) is 0 Å². The highest BCUT2D eigenvalue weighted by molar-refractivity contribution is 9.13. The van der Waals surface area contributed by atoms with Crippen LogP contribution in [-0.4, -0.2) is 0 Å². The predicted octanol–water partition coefficient (Wildman–Crippen LogP) is 11.2. The third-order valence-electron chi connectivity index (χ3n) is 7.68. The van der Waals surface area contributed by atoms with Crippen LogP contribution in [0.25, 0.3) is 75.8 Å². The van der Waals surface area contributed by atoms with Gasteiger partial charge in [0.2, 0.25) is 0 Å². The Morgan fingerprint density at radius 1 is 0.361 bits per heavy atom. The highest BCUT2D eigenvalue weighted by Gasteiger charge is 2.22. The Balaban J connectivity index is 1.65. The van der Waals surface area contributed by atoms with Crippen molar-refractivity contribution in [2.45, 2.75) is 0 Å². The minimum absolute atomic E-state index is 1.10. The van der Waals surface area contributed by atoms with Gasteiger partial charge in [0.15, 0.2) is 0 Å². The van der Waals surface area contributed by atoms with E-state index in [4.69, 9.17) is 0 Å². The minimum Gasteiger partial charge on any atom is -0.0616 e. The second-order valence-electron chi connectivity index (χ2n) is 9.54.